The molecule has 0 aliphatic carbocycles. The van der Waals surface area contributed by atoms with Gasteiger partial charge in [0.2, 0.25) is 0 Å². The molecule has 0 aromatic rings. The molecule has 2 atom stereocenters. The Morgan fingerprint density at radius 1 is 0.567 bits per heavy atom. The molecule has 0 fully saturated rings. The molecule has 0 amide bonds. The second-order valence-electron chi connectivity index (χ2n) is 8.84. The second-order valence-corrected chi connectivity index (χ2v) is 8.84. The monoisotopic (exact) mass is 414 g/mol. The van der Waals surface area contributed by atoms with Crippen LogP contribution in [-0.2, 0) is 0 Å². The van der Waals surface area contributed by atoms with E-state index in [0.29, 0.717) is 12.1 Å². The molecule has 30 heavy (non-hydrogen) atoms. The van der Waals surface area contributed by atoms with E-state index in [2.05, 4.69) is 52.3 Å². The van der Waals surface area contributed by atoms with Crippen molar-refractivity contribution < 1.29 is 0 Å². The summed E-state index contributed by atoms with van der Waals surface area (Å²) in [6.45, 7) is 18.6. The number of hydrogen-bond acceptors (Lipinski definition) is 8. The van der Waals surface area contributed by atoms with Crippen molar-refractivity contribution in [2.75, 3.05) is 65.4 Å². The van der Waals surface area contributed by atoms with E-state index in [0.717, 1.165) is 78.3 Å². The van der Waals surface area contributed by atoms with Crippen LogP contribution in [0.4, 0.5) is 0 Å². The molecular weight excluding hydrogens is 376 g/mol. The Balaban J connectivity index is 1.66. The van der Waals surface area contributed by atoms with Gasteiger partial charge < -0.3 is 19.6 Å². The molecule has 4 aliphatic rings. The highest BCUT2D eigenvalue weighted by atomic mass is 15.4. The quantitative estimate of drug-likeness (QED) is 0.632. The van der Waals surface area contributed by atoms with Crippen LogP contribution < -0.4 is 0 Å². The summed E-state index contributed by atoms with van der Waals surface area (Å²) in [5.41, 5.74) is 0. The van der Waals surface area contributed by atoms with E-state index < -0.39 is 0 Å². The first kappa shape index (κ1) is 21.1. The SMILES string of the molecule is CC1=NCCCN1CC(C(CN1CCN=C1C)N1CCN=C1C)N1CCCN=C1C. The Labute approximate surface area is 181 Å². The number of hydrogen-bond donors (Lipinski definition) is 0. The van der Waals surface area contributed by atoms with Gasteiger partial charge >= 0.3 is 0 Å². The van der Waals surface area contributed by atoms with E-state index in [1.807, 2.05) is 0 Å². The molecule has 0 radical (unpaired) electrons. The van der Waals surface area contributed by atoms with Crippen LogP contribution in [0.3, 0.4) is 0 Å². The molecular formula is C22H38N8. The predicted octanol–water partition coefficient (Wildman–Crippen LogP) is 1.44. The Morgan fingerprint density at radius 3 is 1.57 bits per heavy atom. The minimum absolute atomic E-state index is 0.342. The largest absolute Gasteiger partial charge is 0.358 e. The summed E-state index contributed by atoms with van der Waals surface area (Å²) >= 11 is 0. The van der Waals surface area contributed by atoms with Gasteiger partial charge in [-0.3, -0.25) is 20.0 Å². The summed E-state index contributed by atoms with van der Waals surface area (Å²) in [4.78, 5) is 29.1. The van der Waals surface area contributed by atoms with Crippen molar-refractivity contribution in [1.29, 1.82) is 0 Å². The molecule has 0 N–H and O–H groups in total. The van der Waals surface area contributed by atoms with Gasteiger partial charge in [-0.05, 0) is 40.5 Å². The van der Waals surface area contributed by atoms with Gasteiger partial charge in [0.15, 0.2) is 0 Å². The third kappa shape index (κ3) is 4.47. The summed E-state index contributed by atoms with van der Waals surface area (Å²) in [6.07, 6.45) is 2.27. The Hall–Kier alpha value is -2.12. The fraction of sp³-hybridized carbons (Fsp3) is 0.818. The van der Waals surface area contributed by atoms with Gasteiger partial charge in [-0.2, -0.15) is 0 Å². The van der Waals surface area contributed by atoms with Crippen molar-refractivity contribution in [3.8, 4) is 0 Å². The van der Waals surface area contributed by atoms with Crippen LogP contribution in [0.15, 0.2) is 20.0 Å². The highest BCUT2D eigenvalue weighted by molar-refractivity contribution is 5.84. The topological polar surface area (TPSA) is 62.4 Å². The van der Waals surface area contributed by atoms with E-state index >= 15 is 0 Å². The molecule has 2 unspecified atom stereocenters. The van der Waals surface area contributed by atoms with Crippen molar-refractivity contribution >= 4 is 23.3 Å². The molecule has 4 aliphatic heterocycles. The number of rotatable bonds is 7. The maximum Gasteiger partial charge on any atom is 0.0962 e. The molecule has 0 aromatic carbocycles. The molecule has 4 rings (SSSR count). The lowest BCUT2D eigenvalue weighted by molar-refractivity contribution is 0.129. The summed E-state index contributed by atoms with van der Waals surface area (Å²) in [6, 6.07) is 0.687. The smallest absolute Gasteiger partial charge is 0.0962 e. The maximum atomic E-state index is 4.83. The van der Waals surface area contributed by atoms with E-state index in [1.165, 1.54) is 23.3 Å². The molecule has 0 saturated carbocycles. The summed E-state index contributed by atoms with van der Waals surface area (Å²) in [5.74, 6) is 4.72. The molecule has 0 saturated heterocycles. The van der Waals surface area contributed by atoms with Crippen molar-refractivity contribution in [3.63, 3.8) is 0 Å². The third-order valence-electron chi connectivity index (χ3n) is 7.02. The fourth-order valence-corrected chi connectivity index (χ4v) is 5.23. The number of nitrogens with zero attached hydrogens (tertiary/aromatic N) is 8. The highest BCUT2D eigenvalue weighted by Crippen LogP contribution is 2.22. The zero-order valence-corrected chi connectivity index (χ0v) is 19.2. The maximum absolute atomic E-state index is 4.83. The van der Waals surface area contributed by atoms with Crippen LogP contribution >= 0.6 is 0 Å². The van der Waals surface area contributed by atoms with Gasteiger partial charge in [0, 0.05) is 52.4 Å². The van der Waals surface area contributed by atoms with Crippen molar-refractivity contribution in [2.24, 2.45) is 20.0 Å². The molecule has 0 bridgehead atoms. The van der Waals surface area contributed by atoms with Crippen LogP contribution in [0.1, 0.15) is 40.5 Å². The molecule has 8 heteroatoms. The van der Waals surface area contributed by atoms with E-state index in [9.17, 15) is 0 Å². The Bertz CT molecular complexity index is 739. The first-order valence-corrected chi connectivity index (χ1v) is 11.6. The summed E-state index contributed by atoms with van der Waals surface area (Å²) in [5, 5.41) is 0. The normalized spacial score (nSPS) is 24.5. The van der Waals surface area contributed by atoms with E-state index in [-0.39, 0.29) is 0 Å². The summed E-state index contributed by atoms with van der Waals surface area (Å²) in [7, 11) is 0. The molecule has 0 spiro atoms. The van der Waals surface area contributed by atoms with E-state index in [4.69, 9.17) is 15.0 Å². The molecule has 0 aromatic heterocycles. The number of aliphatic imine (C=N–C) groups is 4. The fourth-order valence-electron chi connectivity index (χ4n) is 5.23. The molecule has 166 valence electrons. The average Bonchev–Trinajstić information content (AvgIpc) is 3.34. The van der Waals surface area contributed by atoms with Gasteiger partial charge in [0.1, 0.15) is 0 Å². The lowest BCUT2D eigenvalue weighted by atomic mass is 10.0. The lowest BCUT2D eigenvalue weighted by Crippen LogP contribution is -2.62. The van der Waals surface area contributed by atoms with Crippen LogP contribution in [0.5, 0.6) is 0 Å². The third-order valence-corrected chi connectivity index (χ3v) is 7.02. The Kier molecular flexibility index (Phi) is 6.58. The van der Waals surface area contributed by atoms with Crippen LogP contribution in [0, 0.1) is 0 Å². The molecule has 8 nitrogen and oxygen atoms in total. The predicted molar refractivity (Wildman–Crippen MR) is 125 cm³/mol. The second kappa shape index (κ2) is 9.35. The van der Waals surface area contributed by atoms with Gasteiger partial charge in [-0.25, -0.2) is 0 Å². The lowest BCUT2D eigenvalue weighted by Gasteiger charge is -2.47. The first-order chi connectivity index (χ1) is 14.5. The van der Waals surface area contributed by atoms with Gasteiger partial charge in [0.05, 0.1) is 48.5 Å². The van der Waals surface area contributed by atoms with Crippen LogP contribution in [-0.4, -0.2) is 120 Å². The zero-order chi connectivity index (χ0) is 21.1. The van der Waals surface area contributed by atoms with Crippen LogP contribution in [0.25, 0.3) is 0 Å². The Morgan fingerprint density at radius 2 is 1.03 bits per heavy atom. The number of amidine groups is 4. The van der Waals surface area contributed by atoms with Gasteiger partial charge in [-0.1, -0.05) is 0 Å². The minimum atomic E-state index is 0.342. The highest BCUT2D eigenvalue weighted by Gasteiger charge is 2.38. The van der Waals surface area contributed by atoms with Crippen LogP contribution in [0.2, 0.25) is 0 Å². The van der Waals surface area contributed by atoms with Crippen molar-refractivity contribution in [2.45, 2.75) is 52.6 Å². The zero-order valence-electron chi connectivity index (χ0n) is 19.2. The summed E-state index contributed by atoms with van der Waals surface area (Å²) < 4.78 is 0. The van der Waals surface area contributed by atoms with E-state index in [1.54, 1.807) is 0 Å². The van der Waals surface area contributed by atoms with Gasteiger partial charge in [0.25, 0.3) is 0 Å². The first-order valence-electron chi connectivity index (χ1n) is 11.6. The van der Waals surface area contributed by atoms with Crippen molar-refractivity contribution in [1.82, 2.24) is 19.6 Å². The minimum Gasteiger partial charge on any atom is -0.358 e. The standard InChI is InChI=1S/C22H38N8/c1-17-23-7-5-11-27(17)15-21(29-12-6-8-24-19(29)3)22(30-14-10-26-20(30)4)16-28-13-9-25-18(28)2/h21-22H,5-16H2,1-4H3. The molecule has 4 heterocycles. The average molecular weight is 415 g/mol. The van der Waals surface area contributed by atoms with Crippen molar-refractivity contribution in [3.05, 3.63) is 0 Å². The van der Waals surface area contributed by atoms with Gasteiger partial charge in [-0.15, -0.1) is 0 Å².